The van der Waals surface area contributed by atoms with Gasteiger partial charge in [-0.25, -0.2) is 18.4 Å². The van der Waals surface area contributed by atoms with Gasteiger partial charge < -0.3 is 4.74 Å². The molecule has 2 aromatic heterocycles. The van der Waals surface area contributed by atoms with Gasteiger partial charge in [-0.1, -0.05) is 13.8 Å². The lowest BCUT2D eigenvalue weighted by Gasteiger charge is -2.07. The van der Waals surface area contributed by atoms with E-state index in [9.17, 15) is 13.6 Å². The van der Waals surface area contributed by atoms with Gasteiger partial charge in [0.25, 0.3) is 6.43 Å². The molecular weight excluding hydrogens is 312 g/mol. The molecule has 0 aliphatic carbocycles. The van der Waals surface area contributed by atoms with Crippen LogP contribution in [0.3, 0.4) is 0 Å². The monoisotopic (exact) mass is 331 g/mol. The van der Waals surface area contributed by atoms with Crippen molar-refractivity contribution in [1.29, 1.82) is 0 Å². The zero-order chi connectivity index (χ0) is 16.7. The summed E-state index contributed by atoms with van der Waals surface area (Å²) in [5, 5.41) is 5.27. The first-order valence-corrected chi connectivity index (χ1v) is 7.86. The van der Waals surface area contributed by atoms with Crippen LogP contribution in [0.25, 0.3) is 5.82 Å². The van der Waals surface area contributed by atoms with Crippen molar-refractivity contribution >= 4 is 17.3 Å². The Morgan fingerprint density at radius 1 is 1.45 bits per heavy atom. The first kappa shape index (κ1) is 18.2. The van der Waals surface area contributed by atoms with Gasteiger partial charge in [0.1, 0.15) is 0 Å². The largest absolute Gasteiger partial charge is 0.466 e. The maximum atomic E-state index is 12.5. The van der Waals surface area contributed by atoms with Gasteiger partial charge >= 0.3 is 5.97 Å². The van der Waals surface area contributed by atoms with Gasteiger partial charge in [-0.3, -0.25) is 4.79 Å². The smallest absolute Gasteiger partial charge is 0.313 e. The molecule has 0 aliphatic rings. The molecule has 8 heteroatoms. The van der Waals surface area contributed by atoms with E-state index >= 15 is 0 Å². The van der Waals surface area contributed by atoms with Crippen LogP contribution >= 0.6 is 11.3 Å². The molecule has 0 N–H and O–H groups in total. The van der Waals surface area contributed by atoms with Crippen LogP contribution in [0.2, 0.25) is 0 Å². The minimum Gasteiger partial charge on any atom is -0.466 e. The SMILES string of the molecule is CC.CCOC(=O)C(C)c1cnn(-c2csc(C(F)F)n2)c1. The molecule has 0 aromatic carbocycles. The molecule has 1 atom stereocenters. The van der Waals surface area contributed by atoms with Gasteiger partial charge in [-0.15, -0.1) is 11.3 Å². The lowest BCUT2D eigenvalue weighted by atomic mass is 10.1. The molecule has 5 nitrogen and oxygen atoms in total. The molecular formula is C14H19F2N3O2S. The summed E-state index contributed by atoms with van der Waals surface area (Å²) in [4.78, 5) is 15.4. The van der Waals surface area contributed by atoms with Crippen LogP contribution in [0.4, 0.5) is 8.78 Å². The van der Waals surface area contributed by atoms with Crippen LogP contribution in [0.15, 0.2) is 17.8 Å². The maximum Gasteiger partial charge on any atom is 0.313 e. The van der Waals surface area contributed by atoms with Crippen molar-refractivity contribution in [3.8, 4) is 5.82 Å². The Kier molecular flexibility index (Phi) is 7.10. The maximum absolute atomic E-state index is 12.5. The summed E-state index contributed by atoms with van der Waals surface area (Å²) >= 11 is 0.871. The molecule has 2 aromatic rings. The number of ether oxygens (including phenoxy) is 1. The Labute approximate surface area is 131 Å². The van der Waals surface area contributed by atoms with E-state index in [2.05, 4.69) is 10.1 Å². The predicted molar refractivity (Wildman–Crippen MR) is 80.6 cm³/mol. The number of aromatic nitrogens is 3. The summed E-state index contributed by atoms with van der Waals surface area (Å²) in [6.45, 7) is 7.74. The average Bonchev–Trinajstić information content (AvgIpc) is 3.17. The molecule has 2 heterocycles. The number of alkyl halides is 2. The van der Waals surface area contributed by atoms with Gasteiger partial charge in [-0.2, -0.15) is 5.10 Å². The van der Waals surface area contributed by atoms with E-state index < -0.39 is 12.3 Å². The highest BCUT2D eigenvalue weighted by Crippen LogP contribution is 2.25. The van der Waals surface area contributed by atoms with E-state index in [4.69, 9.17) is 4.74 Å². The Balaban J connectivity index is 0.00000116. The van der Waals surface area contributed by atoms with Crippen molar-refractivity contribution in [2.24, 2.45) is 0 Å². The van der Waals surface area contributed by atoms with Crippen molar-refractivity contribution in [1.82, 2.24) is 14.8 Å². The van der Waals surface area contributed by atoms with Crippen molar-refractivity contribution < 1.29 is 18.3 Å². The van der Waals surface area contributed by atoms with E-state index in [0.717, 1.165) is 11.3 Å². The third-order valence-corrected chi connectivity index (χ3v) is 3.51. The Morgan fingerprint density at radius 2 is 2.14 bits per heavy atom. The van der Waals surface area contributed by atoms with E-state index in [1.165, 1.54) is 16.3 Å². The number of hydrogen-bond acceptors (Lipinski definition) is 5. The number of halogens is 2. The number of rotatable bonds is 5. The molecule has 0 amide bonds. The first-order valence-electron chi connectivity index (χ1n) is 6.98. The Morgan fingerprint density at radius 3 is 2.68 bits per heavy atom. The van der Waals surface area contributed by atoms with Gasteiger partial charge in [0.15, 0.2) is 10.8 Å². The lowest BCUT2D eigenvalue weighted by Crippen LogP contribution is -2.12. The van der Waals surface area contributed by atoms with Crippen LogP contribution < -0.4 is 0 Å². The van der Waals surface area contributed by atoms with E-state index in [-0.39, 0.29) is 11.0 Å². The molecule has 0 saturated heterocycles. The molecule has 0 fully saturated rings. The van der Waals surface area contributed by atoms with E-state index in [0.29, 0.717) is 18.0 Å². The minimum atomic E-state index is -2.60. The second kappa shape index (κ2) is 8.57. The van der Waals surface area contributed by atoms with Crippen LogP contribution in [-0.4, -0.2) is 27.3 Å². The van der Waals surface area contributed by atoms with Crippen LogP contribution in [0.5, 0.6) is 0 Å². The number of carbonyl (C=O) groups is 1. The predicted octanol–water partition coefficient (Wildman–Crippen LogP) is 3.96. The fourth-order valence-electron chi connectivity index (χ4n) is 1.57. The molecule has 0 bridgehead atoms. The highest BCUT2D eigenvalue weighted by atomic mass is 32.1. The minimum absolute atomic E-state index is 0.254. The van der Waals surface area contributed by atoms with Crippen molar-refractivity contribution in [3.05, 3.63) is 28.3 Å². The topological polar surface area (TPSA) is 57.0 Å². The van der Waals surface area contributed by atoms with Crippen LogP contribution in [-0.2, 0) is 9.53 Å². The second-order valence-corrected chi connectivity index (χ2v) is 4.93. The van der Waals surface area contributed by atoms with Crippen LogP contribution in [0.1, 0.15) is 50.6 Å². The zero-order valence-electron chi connectivity index (χ0n) is 12.9. The summed E-state index contributed by atoms with van der Waals surface area (Å²) in [5.74, 6) is -0.497. The fraction of sp³-hybridized carbons (Fsp3) is 0.500. The summed E-state index contributed by atoms with van der Waals surface area (Å²) in [7, 11) is 0. The molecule has 2 rings (SSSR count). The van der Waals surface area contributed by atoms with Crippen molar-refractivity contribution in [2.75, 3.05) is 6.61 Å². The van der Waals surface area contributed by atoms with Gasteiger partial charge in [0.2, 0.25) is 0 Å². The summed E-state index contributed by atoms with van der Waals surface area (Å²) < 4.78 is 31.2. The van der Waals surface area contributed by atoms with Crippen LogP contribution in [0, 0.1) is 0 Å². The third-order valence-electron chi connectivity index (χ3n) is 2.67. The second-order valence-electron chi connectivity index (χ2n) is 4.04. The standard InChI is InChI=1S/C12H13F2N3O2S.C2H6/c1-3-19-12(18)7(2)8-4-15-17(5-8)9-6-20-11(16-9)10(13)14;1-2/h4-7,10H,3H2,1-2H3;1-2H3. The number of esters is 1. The quantitative estimate of drug-likeness (QED) is 0.778. The summed E-state index contributed by atoms with van der Waals surface area (Å²) in [6.07, 6.45) is 0.497. The molecule has 1 unspecified atom stereocenters. The Bertz CT molecular complexity index is 598. The van der Waals surface area contributed by atoms with E-state index in [1.807, 2.05) is 13.8 Å². The number of carbonyl (C=O) groups excluding carboxylic acids is 1. The lowest BCUT2D eigenvalue weighted by molar-refractivity contribution is -0.144. The van der Waals surface area contributed by atoms with Crippen molar-refractivity contribution in [2.45, 2.75) is 40.0 Å². The average molecular weight is 331 g/mol. The van der Waals surface area contributed by atoms with Gasteiger partial charge in [-0.05, 0) is 13.8 Å². The highest BCUT2D eigenvalue weighted by molar-refractivity contribution is 7.09. The molecule has 0 aliphatic heterocycles. The number of hydrogen-bond donors (Lipinski definition) is 0. The highest BCUT2D eigenvalue weighted by Gasteiger charge is 2.19. The summed E-state index contributed by atoms with van der Waals surface area (Å²) in [5.41, 5.74) is 0.648. The van der Waals surface area contributed by atoms with Gasteiger partial charge in [0.05, 0.1) is 18.7 Å². The third kappa shape index (κ3) is 4.33. The number of nitrogens with zero attached hydrogens (tertiary/aromatic N) is 3. The molecule has 0 spiro atoms. The molecule has 0 radical (unpaired) electrons. The summed E-state index contributed by atoms with van der Waals surface area (Å²) in [6, 6.07) is 0. The van der Waals surface area contributed by atoms with Gasteiger partial charge in [0, 0.05) is 17.1 Å². The Hall–Kier alpha value is -1.83. The molecule has 122 valence electrons. The fourth-order valence-corrected chi connectivity index (χ4v) is 2.21. The normalized spacial score (nSPS) is 11.8. The van der Waals surface area contributed by atoms with Crippen molar-refractivity contribution in [3.63, 3.8) is 0 Å². The first-order chi connectivity index (χ1) is 10.5. The zero-order valence-corrected chi connectivity index (χ0v) is 13.7. The number of thiazole rings is 1. The van der Waals surface area contributed by atoms with E-state index in [1.54, 1.807) is 20.0 Å². The molecule has 0 saturated carbocycles. The molecule has 22 heavy (non-hydrogen) atoms.